The van der Waals surface area contributed by atoms with E-state index in [1.54, 1.807) is 18.2 Å². The summed E-state index contributed by atoms with van der Waals surface area (Å²) in [5.74, 6) is 0. The van der Waals surface area contributed by atoms with Gasteiger partial charge in [0.05, 0.1) is 16.8 Å². The molecule has 6 heteroatoms. The van der Waals surface area contributed by atoms with E-state index in [9.17, 15) is 4.79 Å². The first-order valence-corrected chi connectivity index (χ1v) is 6.22. The molecule has 0 saturated carbocycles. The maximum atomic E-state index is 11.9. The van der Waals surface area contributed by atoms with Crippen molar-refractivity contribution >= 4 is 34.9 Å². The standard InChI is InChI=1S/C12H13Cl2N3O/c1-2-6-17(7-5-15)12(18)16-11-8-9(13)3-4-10(11)14/h3-4,8H,2,6-7H2,1H3,(H,16,18). The van der Waals surface area contributed by atoms with Crippen LogP contribution in [0, 0.1) is 11.3 Å². The highest BCUT2D eigenvalue weighted by Crippen LogP contribution is 2.25. The van der Waals surface area contributed by atoms with Crippen molar-refractivity contribution in [1.29, 1.82) is 5.26 Å². The molecular formula is C12H13Cl2N3O. The van der Waals surface area contributed by atoms with Crippen LogP contribution in [0.15, 0.2) is 18.2 Å². The van der Waals surface area contributed by atoms with Gasteiger partial charge < -0.3 is 10.2 Å². The third kappa shape index (κ3) is 4.10. The van der Waals surface area contributed by atoms with Crippen LogP contribution in [0.3, 0.4) is 0 Å². The van der Waals surface area contributed by atoms with Gasteiger partial charge in [-0.05, 0) is 24.6 Å². The molecule has 0 aliphatic rings. The average molecular weight is 286 g/mol. The van der Waals surface area contributed by atoms with Crippen molar-refractivity contribution in [3.05, 3.63) is 28.2 Å². The summed E-state index contributed by atoms with van der Waals surface area (Å²) in [6.45, 7) is 2.49. The van der Waals surface area contributed by atoms with E-state index < -0.39 is 0 Å². The molecule has 0 aromatic heterocycles. The van der Waals surface area contributed by atoms with E-state index >= 15 is 0 Å². The highest BCUT2D eigenvalue weighted by molar-refractivity contribution is 6.35. The minimum Gasteiger partial charge on any atom is -0.311 e. The molecule has 0 aliphatic carbocycles. The number of nitriles is 1. The molecule has 0 saturated heterocycles. The van der Waals surface area contributed by atoms with Gasteiger partial charge in [0.1, 0.15) is 6.54 Å². The summed E-state index contributed by atoms with van der Waals surface area (Å²) < 4.78 is 0. The molecule has 0 radical (unpaired) electrons. The Labute approximate surface area is 116 Å². The topological polar surface area (TPSA) is 56.1 Å². The fourth-order valence-electron chi connectivity index (χ4n) is 1.40. The lowest BCUT2D eigenvalue weighted by molar-refractivity contribution is 0.218. The van der Waals surface area contributed by atoms with Crippen LogP contribution in [-0.4, -0.2) is 24.0 Å². The van der Waals surface area contributed by atoms with Crippen LogP contribution in [0.1, 0.15) is 13.3 Å². The monoisotopic (exact) mass is 285 g/mol. The van der Waals surface area contributed by atoms with Crippen molar-refractivity contribution in [3.63, 3.8) is 0 Å². The second-order valence-electron chi connectivity index (χ2n) is 3.63. The zero-order valence-electron chi connectivity index (χ0n) is 9.91. The Hall–Kier alpha value is -1.44. The van der Waals surface area contributed by atoms with Crippen LogP contribution in [0.2, 0.25) is 10.0 Å². The van der Waals surface area contributed by atoms with Crippen molar-refractivity contribution in [3.8, 4) is 6.07 Å². The molecule has 0 fully saturated rings. The number of hydrogen-bond donors (Lipinski definition) is 1. The van der Waals surface area contributed by atoms with Crippen molar-refractivity contribution < 1.29 is 4.79 Å². The number of hydrogen-bond acceptors (Lipinski definition) is 2. The molecule has 1 N–H and O–H groups in total. The maximum Gasteiger partial charge on any atom is 0.322 e. The molecule has 1 rings (SSSR count). The van der Waals surface area contributed by atoms with Crippen molar-refractivity contribution in [2.75, 3.05) is 18.4 Å². The molecule has 0 atom stereocenters. The fourth-order valence-corrected chi connectivity index (χ4v) is 1.73. The van der Waals surface area contributed by atoms with Gasteiger partial charge in [0, 0.05) is 11.6 Å². The van der Waals surface area contributed by atoms with E-state index in [1.165, 1.54) is 4.90 Å². The second-order valence-corrected chi connectivity index (χ2v) is 4.48. The molecule has 0 heterocycles. The number of carbonyl (C=O) groups is 1. The van der Waals surface area contributed by atoms with Crippen LogP contribution in [-0.2, 0) is 0 Å². The number of nitrogens with zero attached hydrogens (tertiary/aromatic N) is 2. The lowest BCUT2D eigenvalue weighted by atomic mass is 10.3. The first-order chi connectivity index (χ1) is 8.58. The molecular weight excluding hydrogens is 273 g/mol. The molecule has 0 bridgehead atoms. The van der Waals surface area contributed by atoms with Crippen molar-refractivity contribution in [2.45, 2.75) is 13.3 Å². The summed E-state index contributed by atoms with van der Waals surface area (Å²) in [6, 6.07) is 6.40. The number of halogens is 2. The Bertz CT molecular complexity index is 471. The van der Waals surface area contributed by atoms with Gasteiger partial charge in [0.2, 0.25) is 0 Å². The summed E-state index contributed by atoms with van der Waals surface area (Å²) in [6.07, 6.45) is 0.776. The molecule has 0 unspecified atom stereocenters. The summed E-state index contributed by atoms with van der Waals surface area (Å²) in [7, 11) is 0. The van der Waals surface area contributed by atoms with Crippen LogP contribution < -0.4 is 5.32 Å². The van der Waals surface area contributed by atoms with E-state index in [1.807, 2.05) is 13.0 Å². The number of anilines is 1. The van der Waals surface area contributed by atoms with Gasteiger partial charge in [-0.1, -0.05) is 30.1 Å². The van der Waals surface area contributed by atoms with Crippen molar-refractivity contribution in [2.24, 2.45) is 0 Å². The number of amides is 2. The Morgan fingerprint density at radius 2 is 2.22 bits per heavy atom. The zero-order valence-corrected chi connectivity index (χ0v) is 11.4. The quantitative estimate of drug-likeness (QED) is 0.857. The largest absolute Gasteiger partial charge is 0.322 e. The minimum absolute atomic E-state index is 0.0395. The normalized spacial score (nSPS) is 9.67. The zero-order chi connectivity index (χ0) is 13.5. The first kappa shape index (κ1) is 14.6. The second kappa shape index (κ2) is 7.10. The van der Waals surface area contributed by atoms with E-state index in [-0.39, 0.29) is 12.6 Å². The van der Waals surface area contributed by atoms with E-state index in [0.29, 0.717) is 22.3 Å². The van der Waals surface area contributed by atoms with Gasteiger partial charge >= 0.3 is 6.03 Å². The number of urea groups is 1. The van der Waals surface area contributed by atoms with Crippen LogP contribution in [0.4, 0.5) is 10.5 Å². The van der Waals surface area contributed by atoms with Crippen LogP contribution >= 0.6 is 23.2 Å². The summed E-state index contributed by atoms with van der Waals surface area (Å²) in [5, 5.41) is 12.2. The van der Waals surface area contributed by atoms with E-state index in [2.05, 4.69) is 5.32 Å². The van der Waals surface area contributed by atoms with Gasteiger partial charge in [-0.3, -0.25) is 0 Å². The Kier molecular flexibility index (Phi) is 5.76. The van der Waals surface area contributed by atoms with Crippen LogP contribution in [0.5, 0.6) is 0 Å². The molecule has 96 valence electrons. The highest BCUT2D eigenvalue weighted by atomic mass is 35.5. The number of rotatable bonds is 4. The summed E-state index contributed by atoms with van der Waals surface area (Å²) >= 11 is 11.8. The maximum absolute atomic E-state index is 11.9. The predicted octanol–water partition coefficient (Wildman–Crippen LogP) is 3.76. The van der Waals surface area contributed by atoms with Gasteiger partial charge in [-0.25, -0.2) is 4.79 Å². The third-order valence-corrected chi connectivity index (χ3v) is 2.78. The van der Waals surface area contributed by atoms with E-state index in [0.717, 1.165) is 6.42 Å². The van der Waals surface area contributed by atoms with Gasteiger partial charge in [-0.15, -0.1) is 0 Å². The molecule has 0 aliphatic heterocycles. The lowest BCUT2D eigenvalue weighted by Gasteiger charge is -2.19. The van der Waals surface area contributed by atoms with E-state index in [4.69, 9.17) is 28.5 Å². The Morgan fingerprint density at radius 3 is 2.83 bits per heavy atom. The molecule has 18 heavy (non-hydrogen) atoms. The Balaban J connectivity index is 2.79. The smallest absolute Gasteiger partial charge is 0.311 e. The lowest BCUT2D eigenvalue weighted by Crippen LogP contribution is -2.35. The minimum atomic E-state index is -0.359. The third-order valence-electron chi connectivity index (χ3n) is 2.21. The van der Waals surface area contributed by atoms with Gasteiger partial charge in [-0.2, -0.15) is 5.26 Å². The van der Waals surface area contributed by atoms with Crippen molar-refractivity contribution in [1.82, 2.24) is 4.90 Å². The molecule has 0 spiro atoms. The molecule has 1 aromatic carbocycles. The van der Waals surface area contributed by atoms with Gasteiger partial charge in [0.15, 0.2) is 0 Å². The molecule has 1 aromatic rings. The summed E-state index contributed by atoms with van der Waals surface area (Å²) in [4.78, 5) is 13.3. The van der Waals surface area contributed by atoms with Gasteiger partial charge in [0.25, 0.3) is 0 Å². The number of carbonyl (C=O) groups excluding carboxylic acids is 1. The molecule has 2 amide bonds. The number of benzene rings is 1. The first-order valence-electron chi connectivity index (χ1n) is 5.46. The number of nitrogens with one attached hydrogen (secondary N) is 1. The fraction of sp³-hybridized carbons (Fsp3) is 0.333. The molecule has 4 nitrogen and oxygen atoms in total. The SMILES string of the molecule is CCCN(CC#N)C(=O)Nc1cc(Cl)ccc1Cl. The summed E-state index contributed by atoms with van der Waals surface area (Å²) in [5.41, 5.74) is 0.438. The predicted molar refractivity (Wildman–Crippen MR) is 73.0 cm³/mol. The van der Waals surface area contributed by atoms with Crippen LogP contribution in [0.25, 0.3) is 0 Å². The average Bonchev–Trinajstić information content (AvgIpc) is 2.33. The highest BCUT2D eigenvalue weighted by Gasteiger charge is 2.13. The Morgan fingerprint density at radius 1 is 1.50 bits per heavy atom.